The van der Waals surface area contributed by atoms with Crippen LogP contribution in [-0.2, 0) is 9.59 Å². The molecule has 0 aliphatic carbocycles. The lowest BCUT2D eigenvalue weighted by molar-refractivity contribution is -0.125. The third-order valence-corrected chi connectivity index (χ3v) is 5.06. The van der Waals surface area contributed by atoms with Crippen LogP contribution < -0.4 is 15.4 Å². The smallest absolute Gasteiger partial charge is 0.249 e. The van der Waals surface area contributed by atoms with Gasteiger partial charge in [0.05, 0.1) is 19.2 Å². The number of anilines is 2. The maximum Gasteiger partial charge on any atom is 0.249 e. The molecule has 7 heteroatoms. The number of aromatic nitrogens is 2. The third-order valence-electron chi connectivity index (χ3n) is 5.06. The van der Waals surface area contributed by atoms with Gasteiger partial charge in [0, 0.05) is 16.8 Å². The van der Waals surface area contributed by atoms with Crippen LogP contribution in [0.3, 0.4) is 0 Å². The number of fused-ring (bicyclic) bond motifs is 1. The Labute approximate surface area is 168 Å². The first-order valence-electron chi connectivity index (χ1n) is 9.37. The van der Waals surface area contributed by atoms with E-state index in [1.54, 1.807) is 36.1 Å². The van der Waals surface area contributed by atoms with Crippen LogP contribution in [0.25, 0.3) is 11.3 Å². The van der Waals surface area contributed by atoms with Crippen LogP contribution in [0.5, 0.6) is 5.75 Å². The summed E-state index contributed by atoms with van der Waals surface area (Å²) in [5.41, 5.74) is 4.32. The fraction of sp³-hybridized carbons (Fsp3) is 0.227. The van der Waals surface area contributed by atoms with E-state index in [1.165, 1.54) is 0 Å². The van der Waals surface area contributed by atoms with Crippen molar-refractivity contribution < 1.29 is 14.3 Å². The average Bonchev–Trinajstić information content (AvgIpc) is 3.05. The highest BCUT2D eigenvalue weighted by Gasteiger charge is 2.34. The number of nitrogens with one attached hydrogen (secondary N) is 2. The van der Waals surface area contributed by atoms with E-state index in [9.17, 15) is 9.59 Å². The lowest BCUT2D eigenvalue weighted by atomic mass is 10.1. The maximum absolute atomic E-state index is 12.9. The molecule has 29 heavy (non-hydrogen) atoms. The van der Waals surface area contributed by atoms with Gasteiger partial charge in [0.2, 0.25) is 11.8 Å². The minimum atomic E-state index is -0.723. The van der Waals surface area contributed by atoms with Crippen LogP contribution in [0.4, 0.5) is 11.5 Å². The maximum atomic E-state index is 12.9. The SMILES string of the molecule is COc1ccc(NC(=O)C2CC(=O)Nc3c(C)c(-c4ccc(C)cc4)nn32)cc1. The number of hydrogen-bond acceptors (Lipinski definition) is 4. The van der Waals surface area contributed by atoms with E-state index in [-0.39, 0.29) is 18.2 Å². The van der Waals surface area contributed by atoms with Crippen LogP contribution in [0.1, 0.15) is 23.6 Å². The number of amides is 2. The first-order chi connectivity index (χ1) is 14.0. The van der Waals surface area contributed by atoms with E-state index in [0.717, 1.165) is 22.4 Å². The number of ether oxygens (including phenoxy) is 1. The van der Waals surface area contributed by atoms with Crippen LogP contribution in [-0.4, -0.2) is 28.7 Å². The molecule has 0 saturated heterocycles. The molecule has 0 spiro atoms. The summed E-state index contributed by atoms with van der Waals surface area (Å²) in [5.74, 6) is 0.773. The van der Waals surface area contributed by atoms with E-state index in [2.05, 4.69) is 15.7 Å². The van der Waals surface area contributed by atoms with Crippen molar-refractivity contribution in [3.8, 4) is 17.0 Å². The van der Waals surface area contributed by atoms with Crippen molar-refractivity contribution in [2.24, 2.45) is 0 Å². The molecule has 0 bridgehead atoms. The third kappa shape index (κ3) is 3.59. The van der Waals surface area contributed by atoms with Crippen LogP contribution in [0, 0.1) is 13.8 Å². The summed E-state index contributed by atoms with van der Waals surface area (Å²) in [6.45, 7) is 3.92. The Morgan fingerprint density at radius 1 is 1.14 bits per heavy atom. The number of hydrogen-bond donors (Lipinski definition) is 2. The number of benzene rings is 2. The summed E-state index contributed by atoms with van der Waals surface area (Å²) < 4.78 is 6.75. The van der Waals surface area contributed by atoms with Crippen molar-refractivity contribution in [2.75, 3.05) is 17.7 Å². The van der Waals surface area contributed by atoms with E-state index in [4.69, 9.17) is 4.74 Å². The van der Waals surface area contributed by atoms with Gasteiger partial charge in [-0.05, 0) is 38.1 Å². The average molecular weight is 390 g/mol. The normalized spacial score (nSPS) is 15.4. The van der Waals surface area contributed by atoms with Gasteiger partial charge in [-0.2, -0.15) is 5.10 Å². The molecule has 2 heterocycles. The standard InChI is InChI=1S/C22H22N4O3/c1-13-4-6-15(7-5-13)20-14(2)21-24-19(27)12-18(26(21)25-20)22(28)23-16-8-10-17(29-3)11-9-16/h4-11,18H,12H2,1-3H3,(H,23,28)(H,24,27). The van der Waals surface area contributed by atoms with E-state index in [0.29, 0.717) is 17.3 Å². The quantitative estimate of drug-likeness (QED) is 0.711. The predicted molar refractivity (Wildman–Crippen MR) is 111 cm³/mol. The lowest BCUT2D eigenvalue weighted by Gasteiger charge is -2.24. The number of methoxy groups -OCH3 is 1. The Morgan fingerprint density at radius 3 is 2.48 bits per heavy atom. The van der Waals surface area contributed by atoms with Gasteiger partial charge >= 0.3 is 0 Å². The zero-order valence-corrected chi connectivity index (χ0v) is 16.5. The molecule has 1 aliphatic rings. The van der Waals surface area contributed by atoms with Gasteiger partial charge in [0.25, 0.3) is 0 Å². The summed E-state index contributed by atoms with van der Waals surface area (Å²) in [4.78, 5) is 25.2. The fourth-order valence-electron chi connectivity index (χ4n) is 3.43. The van der Waals surface area contributed by atoms with Gasteiger partial charge in [-0.25, -0.2) is 4.68 Å². The number of nitrogens with zero attached hydrogens (tertiary/aromatic N) is 2. The van der Waals surface area contributed by atoms with Crippen LogP contribution in [0.2, 0.25) is 0 Å². The largest absolute Gasteiger partial charge is 0.497 e. The Kier molecular flexibility index (Phi) is 4.80. The van der Waals surface area contributed by atoms with Gasteiger partial charge in [0.15, 0.2) is 0 Å². The highest BCUT2D eigenvalue weighted by molar-refractivity contribution is 6.02. The molecule has 1 unspecified atom stereocenters. The Hall–Kier alpha value is -3.61. The van der Waals surface area contributed by atoms with Gasteiger partial charge in [-0.1, -0.05) is 29.8 Å². The Morgan fingerprint density at radius 2 is 1.83 bits per heavy atom. The van der Waals surface area contributed by atoms with Gasteiger partial charge < -0.3 is 15.4 Å². The molecule has 1 aromatic heterocycles. The molecule has 148 valence electrons. The molecule has 0 fully saturated rings. The second-order valence-electron chi connectivity index (χ2n) is 7.12. The minimum absolute atomic E-state index is 0.0312. The molecule has 2 N–H and O–H groups in total. The number of carbonyl (C=O) groups excluding carboxylic acids is 2. The zero-order chi connectivity index (χ0) is 20.5. The summed E-state index contributed by atoms with van der Waals surface area (Å²) in [6, 6.07) is 14.3. The van der Waals surface area contributed by atoms with Gasteiger partial charge in [0.1, 0.15) is 17.6 Å². The minimum Gasteiger partial charge on any atom is -0.497 e. The van der Waals surface area contributed by atoms with Crippen LogP contribution >= 0.6 is 0 Å². The molecule has 2 amide bonds. The van der Waals surface area contributed by atoms with E-state index in [1.807, 2.05) is 38.1 Å². The molecule has 4 rings (SSSR count). The van der Waals surface area contributed by atoms with Crippen molar-refractivity contribution in [3.05, 3.63) is 59.7 Å². The van der Waals surface area contributed by atoms with Crippen molar-refractivity contribution in [3.63, 3.8) is 0 Å². The molecule has 0 radical (unpaired) electrons. The first-order valence-corrected chi connectivity index (χ1v) is 9.37. The second-order valence-corrected chi connectivity index (χ2v) is 7.12. The van der Waals surface area contributed by atoms with Gasteiger partial charge in [-0.3, -0.25) is 9.59 Å². The van der Waals surface area contributed by atoms with Gasteiger partial charge in [-0.15, -0.1) is 0 Å². The number of carbonyl (C=O) groups is 2. The van der Waals surface area contributed by atoms with E-state index >= 15 is 0 Å². The van der Waals surface area contributed by atoms with Crippen molar-refractivity contribution in [2.45, 2.75) is 26.3 Å². The summed E-state index contributed by atoms with van der Waals surface area (Å²) >= 11 is 0. The Balaban J connectivity index is 1.66. The Bertz CT molecular complexity index is 1070. The fourth-order valence-corrected chi connectivity index (χ4v) is 3.43. The van der Waals surface area contributed by atoms with Crippen molar-refractivity contribution in [1.82, 2.24) is 9.78 Å². The highest BCUT2D eigenvalue weighted by Crippen LogP contribution is 2.34. The predicted octanol–water partition coefficient (Wildman–Crippen LogP) is 3.70. The number of aryl methyl sites for hydroxylation is 1. The topological polar surface area (TPSA) is 85.2 Å². The summed E-state index contributed by atoms with van der Waals surface area (Å²) in [5, 5.41) is 10.4. The molecule has 2 aromatic carbocycles. The molecule has 1 atom stereocenters. The second kappa shape index (κ2) is 7.43. The highest BCUT2D eigenvalue weighted by atomic mass is 16.5. The molecule has 1 aliphatic heterocycles. The zero-order valence-electron chi connectivity index (χ0n) is 16.5. The monoisotopic (exact) mass is 390 g/mol. The summed E-state index contributed by atoms with van der Waals surface area (Å²) in [6.07, 6.45) is 0.0312. The van der Waals surface area contributed by atoms with E-state index < -0.39 is 6.04 Å². The molecular weight excluding hydrogens is 368 g/mol. The van der Waals surface area contributed by atoms with Crippen LogP contribution in [0.15, 0.2) is 48.5 Å². The number of rotatable bonds is 4. The summed E-state index contributed by atoms with van der Waals surface area (Å²) in [7, 11) is 1.58. The molecular formula is C22H22N4O3. The molecule has 3 aromatic rings. The molecule has 0 saturated carbocycles. The lowest BCUT2D eigenvalue weighted by Crippen LogP contribution is -2.35. The van der Waals surface area contributed by atoms with Crippen molar-refractivity contribution in [1.29, 1.82) is 0 Å². The first kappa shape index (κ1) is 18.7. The van der Waals surface area contributed by atoms with Crippen molar-refractivity contribution >= 4 is 23.3 Å². The molecule has 7 nitrogen and oxygen atoms in total.